The van der Waals surface area contributed by atoms with Gasteiger partial charge >= 0.3 is 0 Å². The van der Waals surface area contributed by atoms with Crippen molar-refractivity contribution >= 4 is 0 Å². The van der Waals surface area contributed by atoms with Crippen LogP contribution in [0.25, 0.3) is 0 Å². The van der Waals surface area contributed by atoms with Crippen LogP contribution in [-0.2, 0) is 14.2 Å². The number of nitrogens with two attached hydrogens (primary N) is 1. The molecule has 2 N–H and O–H groups in total. The summed E-state index contributed by atoms with van der Waals surface area (Å²) in [6, 6.07) is 0. The van der Waals surface area contributed by atoms with Gasteiger partial charge in [-0.05, 0) is 0 Å². The van der Waals surface area contributed by atoms with Crippen LogP contribution in [0.15, 0.2) is 0 Å². The average Bonchev–Trinajstić information content (AvgIpc) is 2.16. The maximum absolute atomic E-state index is 5.64. The Morgan fingerprint density at radius 1 is 1.42 bits per heavy atom. The van der Waals surface area contributed by atoms with Crippen molar-refractivity contribution in [1.82, 2.24) is 0 Å². The number of methoxy groups -OCH3 is 1. The molecule has 0 amide bonds. The zero-order valence-electron chi connectivity index (χ0n) is 7.54. The van der Waals surface area contributed by atoms with Crippen LogP contribution in [0.4, 0.5) is 0 Å². The Morgan fingerprint density at radius 2 is 2.08 bits per heavy atom. The van der Waals surface area contributed by atoms with Crippen LogP contribution < -0.4 is 5.73 Å². The molecule has 1 heterocycles. The zero-order valence-corrected chi connectivity index (χ0v) is 7.54. The molecule has 1 aliphatic rings. The van der Waals surface area contributed by atoms with Gasteiger partial charge in [-0.1, -0.05) is 0 Å². The minimum atomic E-state index is -0.200. The van der Waals surface area contributed by atoms with Crippen molar-refractivity contribution < 1.29 is 14.2 Å². The van der Waals surface area contributed by atoms with E-state index in [9.17, 15) is 0 Å². The first-order chi connectivity index (χ1) is 5.83. The molecule has 72 valence electrons. The standard InChI is InChI=1S/C8H17NO3/c1-10-7-12-8(6-9)2-4-11-5-3-8/h2-7,9H2,1H3. The summed E-state index contributed by atoms with van der Waals surface area (Å²) < 4.78 is 15.6. The second-order valence-electron chi connectivity index (χ2n) is 3.05. The van der Waals surface area contributed by atoms with Crippen molar-refractivity contribution in [3.8, 4) is 0 Å². The first-order valence-corrected chi connectivity index (χ1v) is 4.24. The Balaban J connectivity index is 2.37. The fourth-order valence-corrected chi connectivity index (χ4v) is 1.33. The highest BCUT2D eigenvalue weighted by molar-refractivity contribution is 4.83. The first kappa shape index (κ1) is 9.92. The molecule has 0 spiro atoms. The lowest BCUT2D eigenvalue weighted by molar-refractivity contribution is -0.160. The van der Waals surface area contributed by atoms with Crippen LogP contribution in [0.2, 0.25) is 0 Å². The van der Waals surface area contributed by atoms with Crippen LogP contribution in [0.5, 0.6) is 0 Å². The van der Waals surface area contributed by atoms with Gasteiger partial charge in [0.15, 0.2) is 0 Å². The van der Waals surface area contributed by atoms with E-state index in [0.717, 1.165) is 26.1 Å². The minimum Gasteiger partial charge on any atom is -0.381 e. The van der Waals surface area contributed by atoms with Crippen molar-refractivity contribution in [2.75, 3.05) is 33.7 Å². The Morgan fingerprint density at radius 3 is 2.58 bits per heavy atom. The SMILES string of the molecule is COCOC1(CN)CCOCC1. The third-order valence-corrected chi connectivity index (χ3v) is 2.26. The van der Waals surface area contributed by atoms with E-state index in [-0.39, 0.29) is 5.60 Å². The van der Waals surface area contributed by atoms with Gasteiger partial charge in [0.1, 0.15) is 6.79 Å². The molecule has 0 aromatic heterocycles. The maximum atomic E-state index is 5.64. The molecule has 4 heteroatoms. The van der Waals surface area contributed by atoms with Crippen molar-refractivity contribution in [3.05, 3.63) is 0 Å². The largest absolute Gasteiger partial charge is 0.381 e. The monoisotopic (exact) mass is 175 g/mol. The predicted molar refractivity (Wildman–Crippen MR) is 44.8 cm³/mol. The van der Waals surface area contributed by atoms with Crippen LogP contribution in [0.3, 0.4) is 0 Å². The normalized spacial score (nSPS) is 22.5. The number of rotatable bonds is 4. The van der Waals surface area contributed by atoms with Gasteiger partial charge in [-0.2, -0.15) is 0 Å². The smallest absolute Gasteiger partial charge is 0.147 e. The molecule has 1 saturated heterocycles. The van der Waals surface area contributed by atoms with Crippen molar-refractivity contribution in [1.29, 1.82) is 0 Å². The molecular formula is C8H17NO3. The van der Waals surface area contributed by atoms with Gasteiger partial charge in [-0.25, -0.2) is 0 Å². The lowest BCUT2D eigenvalue weighted by atomic mass is 9.94. The van der Waals surface area contributed by atoms with E-state index in [0.29, 0.717) is 13.3 Å². The summed E-state index contributed by atoms with van der Waals surface area (Å²) in [5, 5.41) is 0. The number of hydrogen-bond acceptors (Lipinski definition) is 4. The van der Waals surface area contributed by atoms with Crippen molar-refractivity contribution in [2.45, 2.75) is 18.4 Å². The summed E-state index contributed by atoms with van der Waals surface area (Å²) in [6.07, 6.45) is 1.74. The van der Waals surface area contributed by atoms with Gasteiger partial charge in [-0.15, -0.1) is 0 Å². The first-order valence-electron chi connectivity index (χ1n) is 4.24. The summed E-state index contributed by atoms with van der Waals surface area (Å²) in [5.41, 5.74) is 5.44. The van der Waals surface area contributed by atoms with E-state index in [1.807, 2.05) is 0 Å². The molecule has 1 aliphatic heterocycles. The molecule has 0 aromatic carbocycles. The topological polar surface area (TPSA) is 53.7 Å². The highest BCUT2D eigenvalue weighted by Crippen LogP contribution is 2.23. The third-order valence-electron chi connectivity index (χ3n) is 2.26. The van der Waals surface area contributed by atoms with Gasteiger partial charge in [0.25, 0.3) is 0 Å². The molecule has 0 saturated carbocycles. The molecule has 0 radical (unpaired) electrons. The molecule has 0 aliphatic carbocycles. The van der Waals surface area contributed by atoms with E-state index < -0.39 is 0 Å². The van der Waals surface area contributed by atoms with Crippen molar-refractivity contribution in [3.63, 3.8) is 0 Å². The third kappa shape index (κ3) is 2.42. The van der Waals surface area contributed by atoms with Gasteiger partial charge in [0, 0.05) is 39.7 Å². The molecule has 0 bridgehead atoms. The second kappa shape index (κ2) is 4.77. The van der Waals surface area contributed by atoms with E-state index in [2.05, 4.69) is 0 Å². The lowest BCUT2D eigenvalue weighted by Crippen LogP contribution is -2.45. The zero-order chi connectivity index (χ0) is 8.86. The number of ether oxygens (including phenoxy) is 3. The van der Waals surface area contributed by atoms with Gasteiger partial charge in [-0.3, -0.25) is 0 Å². The second-order valence-corrected chi connectivity index (χ2v) is 3.05. The Bertz CT molecular complexity index is 123. The quantitative estimate of drug-likeness (QED) is 0.616. The summed E-state index contributed by atoms with van der Waals surface area (Å²) in [7, 11) is 1.61. The lowest BCUT2D eigenvalue weighted by Gasteiger charge is -2.35. The van der Waals surface area contributed by atoms with Crippen LogP contribution in [0, 0.1) is 0 Å². The fraction of sp³-hybridized carbons (Fsp3) is 1.00. The summed E-state index contributed by atoms with van der Waals surface area (Å²) in [6.45, 7) is 2.33. The van der Waals surface area contributed by atoms with Crippen molar-refractivity contribution in [2.24, 2.45) is 5.73 Å². The van der Waals surface area contributed by atoms with Gasteiger partial charge in [0.05, 0.1) is 5.60 Å². The van der Waals surface area contributed by atoms with E-state index in [1.54, 1.807) is 7.11 Å². The highest BCUT2D eigenvalue weighted by Gasteiger charge is 2.31. The molecule has 12 heavy (non-hydrogen) atoms. The molecule has 0 aromatic rings. The predicted octanol–water partition coefficient (Wildman–Crippen LogP) is 0.115. The summed E-state index contributed by atoms with van der Waals surface area (Å²) in [5.74, 6) is 0. The van der Waals surface area contributed by atoms with Crippen LogP contribution in [-0.4, -0.2) is 39.3 Å². The van der Waals surface area contributed by atoms with E-state index >= 15 is 0 Å². The van der Waals surface area contributed by atoms with Gasteiger partial charge in [0.2, 0.25) is 0 Å². The Hall–Kier alpha value is -0.160. The van der Waals surface area contributed by atoms with E-state index in [4.69, 9.17) is 19.9 Å². The molecule has 0 unspecified atom stereocenters. The maximum Gasteiger partial charge on any atom is 0.147 e. The molecule has 1 rings (SSSR count). The highest BCUT2D eigenvalue weighted by atomic mass is 16.7. The minimum absolute atomic E-state index is 0.200. The Kier molecular flexibility index (Phi) is 3.94. The van der Waals surface area contributed by atoms with Crippen LogP contribution in [0.1, 0.15) is 12.8 Å². The molecular weight excluding hydrogens is 158 g/mol. The molecule has 4 nitrogen and oxygen atoms in total. The fourth-order valence-electron chi connectivity index (χ4n) is 1.33. The van der Waals surface area contributed by atoms with Crippen LogP contribution >= 0.6 is 0 Å². The Labute approximate surface area is 73.0 Å². The summed E-state index contributed by atoms with van der Waals surface area (Å²) in [4.78, 5) is 0. The number of hydrogen-bond donors (Lipinski definition) is 1. The molecule has 0 atom stereocenters. The van der Waals surface area contributed by atoms with Gasteiger partial charge < -0.3 is 19.9 Å². The summed E-state index contributed by atoms with van der Waals surface area (Å²) >= 11 is 0. The average molecular weight is 175 g/mol. The molecule has 1 fully saturated rings. The van der Waals surface area contributed by atoms with E-state index in [1.165, 1.54) is 0 Å².